The van der Waals surface area contributed by atoms with Crippen LogP contribution in [0, 0.1) is 0 Å². The van der Waals surface area contributed by atoms with Crippen LogP contribution in [0.25, 0.3) is 0 Å². The number of para-hydroxylation sites is 1. The van der Waals surface area contributed by atoms with Gasteiger partial charge in [-0.2, -0.15) is 0 Å². The average molecular weight is 337 g/mol. The Bertz CT molecular complexity index is 624. The normalized spacial score (nSPS) is 13.0. The first kappa shape index (κ1) is 15.9. The number of aliphatic hydroxyl groups is 1. The number of hydrogen-bond acceptors (Lipinski definition) is 2. The van der Waals surface area contributed by atoms with Gasteiger partial charge < -0.3 is 9.84 Å². The zero-order valence-corrected chi connectivity index (χ0v) is 11.9. The Morgan fingerprint density at radius 2 is 1.52 bits per heavy atom. The molecule has 0 heterocycles. The average Bonchev–Trinajstić information content (AvgIpc) is 2.37. The molecule has 2 aromatic carbocycles. The van der Waals surface area contributed by atoms with Crippen molar-refractivity contribution >= 4 is 23.2 Å². The molecule has 2 rings (SSSR count). The lowest BCUT2D eigenvalue weighted by molar-refractivity contribution is -0.275. The molecular weight excluding hydrogens is 328 g/mol. The van der Waals surface area contributed by atoms with Crippen LogP contribution in [-0.2, 0) is 0 Å². The highest BCUT2D eigenvalue weighted by atomic mass is 35.5. The first-order valence-electron chi connectivity index (χ1n) is 5.76. The second-order valence-corrected chi connectivity index (χ2v) is 4.94. The number of aliphatic hydroxyl groups excluding tert-OH is 1. The van der Waals surface area contributed by atoms with Gasteiger partial charge in [0.2, 0.25) is 0 Å². The predicted molar refractivity (Wildman–Crippen MR) is 73.6 cm³/mol. The standard InChI is InChI=1S/C14H9Cl2F3O2/c15-9-5-3-6-10(16)12(9)13(20)8-4-1-2-7-11(8)21-14(17,18)19/h1-7,13,20H. The van der Waals surface area contributed by atoms with Crippen molar-refractivity contribution in [2.75, 3.05) is 0 Å². The summed E-state index contributed by atoms with van der Waals surface area (Å²) in [6, 6.07) is 9.80. The molecule has 2 aromatic rings. The molecule has 0 bridgehead atoms. The molecule has 0 saturated carbocycles. The number of ether oxygens (including phenoxy) is 1. The molecule has 0 aromatic heterocycles. The van der Waals surface area contributed by atoms with Crippen LogP contribution in [-0.4, -0.2) is 11.5 Å². The van der Waals surface area contributed by atoms with Gasteiger partial charge in [-0.25, -0.2) is 0 Å². The van der Waals surface area contributed by atoms with Gasteiger partial charge in [0.05, 0.1) is 0 Å². The predicted octanol–water partition coefficient (Wildman–Crippen LogP) is 4.97. The van der Waals surface area contributed by atoms with Crippen molar-refractivity contribution in [3.8, 4) is 5.75 Å². The lowest BCUT2D eigenvalue weighted by Crippen LogP contribution is -2.19. The summed E-state index contributed by atoms with van der Waals surface area (Å²) in [7, 11) is 0. The van der Waals surface area contributed by atoms with Gasteiger partial charge in [-0.1, -0.05) is 47.5 Å². The number of halogens is 5. The van der Waals surface area contributed by atoms with Gasteiger partial charge in [-0.15, -0.1) is 13.2 Å². The summed E-state index contributed by atoms with van der Waals surface area (Å²) in [6.45, 7) is 0. The molecule has 0 spiro atoms. The van der Waals surface area contributed by atoms with Crippen LogP contribution in [0.15, 0.2) is 42.5 Å². The second kappa shape index (κ2) is 6.13. The molecule has 7 heteroatoms. The molecule has 1 atom stereocenters. The van der Waals surface area contributed by atoms with Gasteiger partial charge in [-0.05, 0) is 18.2 Å². The van der Waals surface area contributed by atoms with Crippen molar-refractivity contribution in [1.82, 2.24) is 0 Å². The van der Waals surface area contributed by atoms with Crippen molar-refractivity contribution in [3.63, 3.8) is 0 Å². The van der Waals surface area contributed by atoms with Crippen molar-refractivity contribution in [2.45, 2.75) is 12.5 Å². The Morgan fingerprint density at radius 1 is 0.952 bits per heavy atom. The van der Waals surface area contributed by atoms with Crippen molar-refractivity contribution < 1.29 is 23.0 Å². The van der Waals surface area contributed by atoms with E-state index in [0.717, 1.165) is 6.07 Å². The molecule has 112 valence electrons. The van der Waals surface area contributed by atoms with E-state index in [2.05, 4.69) is 4.74 Å². The summed E-state index contributed by atoms with van der Waals surface area (Å²) < 4.78 is 41.1. The van der Waals surface area contributed by atoms with E-state index in [1.54, 1.807) is 6.07 Å². The number of rotatable bonds is 3. The van der Waals surface area contributed by atoms with Gasteiger partial charge in [0, 0.05) is 21.2 Å². The topological polar surface area (TPSA) is 29.5 Å². The Balaban J connectivity index is 2.47. The summed E-state index contributed by atoms with van der Waals surface area (Å²) in [4.78, 5) is 0. The minimum Gasteiger partial charge on any atom is -0.405 e. The van der Waals surface area contributed by atoms with Crippen LogP contribution >= 0.6 is 23.2 Å². The van der Waals surface area contributed by atoms with Crippen molar-refractivity contribution in [3.05, 3.63) is 63.6 Å². The van der Waals surface area contributed by atoms with E-state index >= 15 is 0 Å². The first-order chi connectivity index (χ1) is 9.79. The highest BCUT2D eigenvalue weighted by Gasteiger charge is 2.33. The molecule has 0 fully saturated rings. The summed E-state index contributed by atoms with van der Waals surface area (Å²) in [6.07, 6.45) is -6.30. The second-order valence-electron chi connectivity index (χ2n) is 4.12. The quantitative estimate of drug-likeness (QED) is 0.857. The third-order valence-electron chi connectivity index (χ3n) is 2.71. The monoisotopic (exact) mass is 336 g/mol. The Labute approximate surface area is 128 Å². The van der Waals surface area contributed by atoms with E-state index < -0.39 is 18.2 Å². The van der Waals surface area contributed by atoms with Crippen LogP contribution in [0.4, 0.5) is 13.2 Å². The lowest BCUT2D eigenvalue weighted by atomic mass is 10.0. The van der Waals surface area contributed by atoms with Crippen LogP contribution in [0.2, 0.25) is 10.0 Å². The van der Waals surface area contributed by atoms with E-state index in [1.165, 1.54) is 30.3 Å². The van der Waals surface area contributed by atoms with Crippen LogP contribution in [0.1, 0.15) is 17.2 Å². The largest absolute Gasteiger partial charge is 0.573 e. The summed E-state index contributed by atoms with van der Waals surface area (Å²) in [5.74, 6) is -0.506. The molecule has 21 heavy (non-hydrogen) atoms. The SMILES string of the molecule is OC(c1ccccc1OC(F)(F)F)c1c(Cl)cccc1Cl. The van der Waals surface area contributed by atoms with E-state index in [1.807, 2.05) is 0 Å². The van der Waals surface area contributed by atoms with Gasteiger partial charge in [0.1, 0.15) is 11.9 Å². The molecule has 0 aliphatic rings. The first-order valence-corrected chi connectivity index (χ1v) is 6.52. The summed E-state index contributed by atoms with van der Waals surface area (Å²) in [5.41, 5.74) is 0.0453. The summed E-state index contributed by atoms with van der Waals surface area (Å²) in [5, 5.41) is 10.6. The minimum absolute atomic E-state index is 0.0789. The highest BCUT2D eigenvalue weighted by Crippen LogP contribution is 2.38. The van der Waals surface area contributed by atoms with E-state index in [0.29, 0.717) is 0 Å². The van der Waals surface area contributed by atoms with Crippen LogP contribution < -0.4 is 4.74 Å². The van der Waals surface area contributed by atoms with Crippen LogP contribution in [0.3, 0.4) is 0 Å². The summed E-state index contributed by atoms with van der Waals surface area (Å²) >= 11 is 11.9. The zero-order chi connectivity index (χ0) is 15.6. The fourth-order valence-corrected chi connectivity index (χ4v) is 2.46. The Hall–Kier alpha value is -1.43. The molecule has 1 unspecified atom stereocenters. The molecule has 0 amide bonds. The molecule has 0 aliphatic carbocycles. The van der Waals surface area contributed by atoms with E-state index in [-0.39, 0.29) is 21.2 Å². The van der Waals surface area contributed by atoms with E-state index in [4.69, 9.17) is 23.2 Å². The maximum absolute atomic E-state index is 12.4. The smallest absolute Gasteiger partial charge is 0.405 e. The fraction of sp³-hybridized carbons (Fsp3) is 0.143. The van der Waals surface area contributed by atoms with Gasteiger partial charge in [0.25, 0.3) is 0 Å². The third kappa shape index (κ3) is 3.81. The molecule has 0 radical (unpaired) electrons. The third-order valence-corrected chi connectivity index (χ3v) is 3.37. The molecule has 1 N–H and O–H groups in total. The van der Waals surface area contributed by atoms with E-state index in [9.17, 15) is 18.3 Å². The van der Waals surface area contributed by atoms with Gasteiger partial charge in [-0.3, -0.25) is 0 Å². The Kier molecular flexibility index (Phi) is 4.66. The Morgan fingerprint density at radius 3 is 2.10 bits per heavy atom. The zero-order valence-electron chi connectivity index (χ0n) is 10.4. The number of benzene rings is 2. The number of hydrogen-bond donors (Lipinski definition) is 1. The van der Waals surface area contributed by atoms with Gasteiger partial charge in [0.15, 0.2) is 0 Å². The molecular formula is C14H9Cl2F3O2. The maximum atomic E-state index is 12.4. The van der Waals surface area contributed by atoms with Crippen molar-refractivity contribution in [2.24, 2.45) is 0 Å². The molecule has 0 aliphatic heterocycles. The lowest BCUT2D eigenvalue weighted by Gasteiger charge is -2.19. The van der Waals surface area contributed by atoms with Gasteiger partial charge >= 0.3 is 6.36 Å². The van der Waals surface area contributed by atoms with Crippen molar-refractivity contribution in [1.29, 1.82) is 0 Å². The van der Waals surface area contributed by atoms with Crippen LogP contribution in [0.5, 0.6) is 5.75 Å². The maximum Gasteiger partial charge on any atom is 0.573 e. The molecule has 0 saturated heterocycles. The molecule has 2 nitrogen and oxygen atoms in total. The number of alkyl halides is 3. The minimum atomic E-state index is -4.86. The fourth-order valence-electron chi connectivity index (χ4n) is 1.85. The highest BCUT2D eigenvalue weighted by molar-refractivity contribution is 6.36.